The molecule has 4 heteroatoms. The fourth-order valence-corrected chi connectivity index (χ4v) is 1.14. The molecule has 0 saturated carbocycles. The number of ketones is 1. The van der Waals surface area contributed by atoms with E-state index in [9.17, 15) is 9.90 Å². The highest BCUT2D eigenvalue weighted by Gasteiger charge is 2.20. The predicted molar refractivity (Wildman–Crippen MR) is 56.0 cm³/mol. The Kier molecular flexibility index (Phi) is 3.80. The van der Waals surface area contributed by atoms with Crippen LogP contribution in [-0.2, 0) is 0 Å². The smallest absolute Gasteiger partial charge is 0.193 e. The van der Waals surface area contributed by atoms with E-state index in [1.807, 2.05) is 0 Å². The van der Waals surface area contributed by atoms with Crippen LogP contribution in [0.5, 0.6) is 5.75 Å². The SMILES string of the molecule is COc1cncc(C(=O)C(O)C(C)C)c1. The van der Waals surface area contributed by atoms with Gasteiger partial charge in [0.25, 0.3) is 0 Å². The molecule has 0 saturated heterocycles. The summed E-state index contributed by atoms with van der Waals surface area (Å²) in [5, 5.41) is 9.59. The molecule has 1 N–H and O–H groups in total. The van der Waals surface area contributed by atoms with Crippen molar-refractivity contribution >= 4 is 5.78 Å². The monoisotopic (exact) mass is 209 g/mol. The van der Waals surface area contributed by atoms with E-state index in [1.165, 1.54) is 19.5 Å². The molecule has 15 heavy (non-hydrogen) atoms. The van der Waals surface area contributed by atoms with E-state index in [0.717, 1.165) is 0 Å². The molecule has 0 aliphatic carbocycles. The van der Waals surface area contributed by atoms with Gasteiger partial charge in [0.05, 0.1) is 13.3 Å². The second-order valence-electron chi connectivity index (χ2n) is 3.67. The van der Waals surface area contributed by atoms with Gasteiger partial charge in [-0.1, -0.05) is 13.8 Å². The summed E-state index contributed by atoms with van der Waals surface area (Å²) >= 11 is 0. The summed E-state index contributed by atoms with van der Waals surface area (Å²) < 4.78 is 4.95. The zero-order valence-electron chi connectivity index (χ0n) is 9.10. The molecule has 0 spiro atoms. The van der Waals surface area contributed by atoms with Gasteiger partial charge in [-0.05, 0) is 12.0 Å². The zero-order chi connectivity index (χ0) is 11.4. The van der Waals surface area contributed by atoms with Crippen molar-refractivity contribution in [1.82, 2.24) is 4.98 Å². The summed E-state index contributed by atoms with van der Waals surface area (Å²) in [6.07, 6.45) is 1.95. The van der Waals surface area contributed by atoms with E-state index >= 15 is 0 Å². The van der Waals surface area contributed by atoms with Gasteiger partial charge in [-0.15, -0.1) is 0 Å². The van der Waals surface area contributed by atoms with Gasteiger partial charge in [0.15, 0.2) is 5.78 Å². The minimum Gasteiger partial charge on any atom is -0.495 e. The highest BCUT2D eigenvalue weighted by molar-refractivity contribution is 5.99. The number of ether oxygens (including phenoxy) is 1. The van der Waals surface area contributed by atoms with Crippen LogP contribution in [0.2, 0.25) is 0 Å². The number of carbonyl (C=O) groups is 1. The number of aromatic nitrogens is 1. The van der Waals surface area contributed by atoms with Crippen LogP contribution in [0.4, 0.5) is 0 Å². The lowest BCUT2D eigenvalue weighted by atomic mass is 9.99. The van der Waals surface area contributed by atoms with Gasteiger partial charge in [-0.2, -0.15) is 0 Å². The van der Waals surface area contributed by atoms with Crippen molar-refractivity contribution in [3.05, 3.63) is 24.0 Å². The van der Waals surface area contributed by atoms with Crippen LogP contribution in [0.25, 0.3) is 0 Å². The summed E-state index contributed by atoms with van der Waals surface area (Å²) in [6.45, 7) is 3.58. The Bertz CT molecular complexity index is 349. The largest absolute Gasteiger partial charge is 0.495 e. The molecule has 0 aliphatic heterocycles. The average Bonchev–Trinajstić information content (AvgIpc) is 2.27. The molecule has 1 aromatic heterocycles. The Morgan fingerprint density at radius 3 is 2.67 bits per heavy atom. The number of aliphatic hydroxyl groups is 1. The summed E-state index contributed by atoms with van der Waals surface area (Å²) in [7, 11) is 1.50. The Morgan fingerprint density at radius 1 is 1.47 bits per heavy atom. The minimum atomic E-state index is -0.987. The van der Waals surface area contributed by atoms with Gasteiger partial charge in [0.1, 0.15) is 11.9 Å². The maximum absolute atomic E-state index is 11.7. The Morgan fingerprint density at radius 2 is 2.13 bits per heavy atom. The number of aliphatic hydroxyl groups excluding tert-OH is 1. The maximum atomic E-state index is 11.7. The van der Waals surface area contributed by atoms with Crippen LogP contribution in [0.1, 0.15) is 24.2 Å². The van der Waals surface area contributed by atoms with Crippen molar-refractivity contribution < 1.29 is 14.6 Å². The van der Waals surface area contributed by atoms with E-state index in [4.69, 9.17) is 4.74 Å². The van der Waals surface area contributed by atoms with Crippen LogP contribution in [0, 0.1) is 5.92 Å². The lowest BCUT2D eigenvalue weighted by Crippen LogP contribution is -2.26. The number of pyridine rings is 1. The summed E-state index contributed by atoms with van der Waals surface area (Å²) in [5.74, 6) is 0.0805. The molecule has 0 fully saturated rings. The third kappa shape index (κ3) is 2.76. The molecule has 1 unspecified atom stereocenters. The first kappa shape index (κ1) is 11.7. The van der Waals surface area contributed by atoms with Crippen LogP contribution in [-0.4, -0.2) is 29.1 Å². The second-order valence-corrected chi connectivity index (χ2v) is 3.67. The van der Waals surface area contributed by atoms with Crippen molar-refractivity contribution in [3.8, 4) is 5.75 Å². The molecular formula is C11H15NO3. The van der Waals surface area contributed by atoms with E-state index in [-0.39, 0.29) is 11.7 Å². The van der Waals surface area contributed by atoms with Crippen LogP contribution >= 0.6 is 0 Å². The van der Waals surface area contributed by atoms with Crippen molar-refractivity contribution in [3.63, 3.8) is 0 Å². The van der Waals surface area contributed by atoms with Gasteiger partial charge >= 0.3 is 0 Å². The predicted octanol–water partition coefficient (Wildman–Crippen LogP) is 1.29. The minimum absolute atomic E-state index is 0.108. The fourth-order valence-electron chi connectivity index (χ4n) is 1.14. The van der Waals surface area contributed by atoms with Crippen molar-refractivity contribution in [1.29, 1.82) is 0 Å². The molecule has 1 rings (SSSR count). The Balaban J connectivity index is 2.91. The van der Waals surface area contributed by atoms with Crippen molar-refractivity contribution in [2.24, 2.45) is 5.92 Å². The summed E-state index contributed by atoms with van der Waals surface area (Å²) in [6, 6.07) is 1.57. The number of Topliss-reactive ketones (excluding diaryl/α,β-unsaturated/α-hetero) is 1. The zero-order valence-corrected chi connectivity index (χ0v) is 9.10. The number of nitrogens with zero attached hydrogens (tertiary/aromatic N) is 1. The molecule has 0 aliphatic rings. The third-order valence-corrected chi connectivity index (χ3v) is 2.13. The van der Waals surface area contributed by atoms with Gasteiger partial charge in [0, 0.05) is 11.8 Å². The van der Waals surface area contributed by atoms with Gasteiger partial charge in [0.2, 0.25) is 0 Å². The first-order valence-electron chi connectivity index (χ1n) is 4.77. The molecule has 1 atom stereocenters. The van der Waals surface area contributed by atoms with Gasteiger partial charge < -0.3 is 9.84 Å². The molecule has 82 valence electrons. The molecule has 4 nitrogen and oxygen atoms in total. The Labute approximate surface area is 88.9 Å². The normalized spacial score (nSPS) is 12.6. The van der Waals surface area contributed by atoms with Crippen molar-refractivity contribution in [2.75, 3.05) is 7.11 Å². The highest BCUT2D eigenvalue weighted by Crippen LogP contribution is 2.14. The quantitative estimate of drug-likeness (QED) is 0.759. The van der Waals surface area contributed by atoms with E-state index in [1.54, 1.807) is 19.9 Å². The molecule has 1 heterocycles. The lowest BCUT2D eigenvalue weighted by molar-refractivity contribution is 0.0647. The average molecular weight is 209 g/mol. The summed E-state index contributed by atoms with van der Waals surface area (Å²) in [5.41, 5.74) is 0.371. The fraction of sp³-hybridized carbons (Fsp3) is 0.455. The first-order chi connectivity index (χ1) is 7.06. The van der Waals surface area contributed by atoms with Gasteiger partial charge in [-0.25, -0.2) is 0 Å². The number of hydrogen-bond acceptors (Lipinski definition) is 4. The van der Waals surface area contributed by atoms with Crippen LogP contribution < -0.4 is 4.74 Å². The number of hydrogen-bond donors (Lipinski definition) is 1. The molecular weight excluding hydrogens is 194 g/mol. The second kappa shape index (κ2) is 4.89. The molecule has 0 bridgehead atoms. The standard InChI is InChI=1S/C11H15NO3/c1-7(2)10(13)11(14)8-4-9(15-3)6-12-5-8/h4-7,10,13H,1-3H3. The van der Waals surface area contributed by atoms with Crippen LogP contribution in [0.15, 0.2) is 18.5 Å². The maximum Gasteiger partial charge on any atom is 0.193 e. The first-order valence-corrected chi connectivity index (χ1v) is 4.77. The topological polar surface area (TPSA) is 59.4 Å². The molecule has 0 amide bonds. The van der Waals surface area contributed by atoms with E-state index < -0.39 is 6.10 Å². The van der Waals surface area contributed by atoms with Gasteiger partial charge in [-0.3, -0.25) is 9.78 Å². The molecule has 1 aromatic rings. The number of rotatable bonds is 4. The summed E-state index contributed by atoms with van der Waals surface area (Å²) in [4.78, 5) is 15.6. The van der Waals surface area contributed by atoms with E-state index in [0.29, 0.717) is 11.3 Å². The van der Waals surface area contributed by atoms with Crippen molar-refractivity contribution in [2.45, 2.75) is 20.0 Å². The van der Waals surface area contributed by atoms with Crippen LogP contribution in [0.3, 0.4) is 0 Å². The van der Waals surface area contributed by atoms with E-state index in [2.05, 4.69) is 4.98 Å². The Hall–Kier alpha value is -1.42. The third-order valence-electron chi connectivity index (χ3n) is 2.13. The molecule has 0 aromatic carbocycles. The lowest BCUT2D eigenvalue weighted by Gasteiger charge is -2.12. The molecule has 0 radical (unpaired) electrons. The number of methoxy groups -OCH3 is 1. The highest BCUT2D eigenvalue weighted by atomic mass is 16.5. The number of carbonyl (C=O) groups excluding carboxylic acids is 1.